The first-order chi connectivity index (χ1) is 10.5. The van der Waals surface area contributed by atoms with Gasteiger partial charge in [-0.1, -0.05) is 6.92 Å². The monoisotopic (exact) mass is 306 g/mol. The van der Waals surface area contributed by atoms with Crippen LogP contribution in [-0.4, -0.2) is 42.1 Å². The molecule has 1 aromatic heterocycles. The van der Waals surface area contributed by atoms with E-state index in [9.17, 15) is 4.79 Å². The van der Waals surface area contributed by atoms with Crippen LogP contribution in [0.25, 0.3) is 0 Å². The Morgan fingerprint density at radius 2 is 2.32 bits per heavy atom. The van der Waals surface area contributed by atoms with Gasteiger partial charge in [0.2, 0.25) is 17.7 Å². The second-order valence-electron chi connectivity index (χ2n) is 5.95. The first kappa shape index (κ1) is 16.5. The number of hydrogen-bond acceptors (Lipinski definition) is 5. The zero-order valence-corrected chi connectivity index (χ0v) is 13.9. The summed E-state index contributed by atoms with van der Waals surface area (Å²) in [6.45, 7) is 7.57. The Balaban J connectivity index is 2.07. The van der Waals surface area contributed by atoms with Crippen molar-refractivity contribution in [2.45, 2.75) is 46.1 Å². The van der Waals surface area contributed by atoms with Gasteiger partial charge in [-0.05, 0) is 33.1 Å². The lowest BCUT2D eigenvalue weighted by molar-refractivity contribution is -0.125. The van der Waals surface area contributed by atoms with Crippen LogP contribution in [0.4, 0.5) is 5.95 Å². The summed E-state index contributed by atoms with van der Waals surface area (Å²) < 4.78 is 5.21. The molecule has 0 unspecified atom stereocenters. The first-order valence-electron chi connectivity index (χ1n) is 7.98. The molecule has 122 valence electrons. The smallest absolute Gasteiger partial charge is 0.228 e. The number of carbonyl (C=O) groups is 1. The number of piperidine rings is 1. The molecule has 6 nitrogen and oxygen atoms in total. The van der Waals surface area contributed by atoms with Gasteiger partial charge in [0.05, 0.1) is 13.0 Å². The fourth-order valence-corrected chi connectivity index (χ4v) is 2.61. The summed E-state index contributed by atoms with van der Waals surface area (Å²) in [6.07, 6.45) is 2.83. The largest absolute Gasteiger partial charge is 0.481 e. The highest BCUT2D eigenvalue weighted by Gasteiger charge is 2.28. The van der Waals surface area contributed by atoms with Gasteiger partial charge in [-0.2, -0.15) is 4.98 Å². The molecule has 2 heterocycles. The highest BCUT2D eigenvalue weighted by atomic mass is 16.5. The number of rotatable bonds is 5. The molecule has 2 atom stereocenters. The number of nitrogens with zero attached hydrogens (tertiary/aromatic N) is 3. The predicted octanol–water partition coefficient (Wildman–Crippen LogP) is 1.92. The van der Waals surface area contributed by atoms with Crippen LogP contribution in [0.3, 0.4) is 0 Å². The number of ether oxygens (including phenoxy) is 1. The van der Waals surface area contributed by atoms with Gasteiger partial charge in [-0.25, -0.2) is 4.98 Å². The number of aryl methyl sites for hydroxylation is 1. The third-order valence-electron chi connectivity index (χ3n) is 4.10. The molecule has 1 aromatic rings. The number of nitrogens with one attached hydrogen (secondary N) is 1. The summed E-state index contributed by atoms with van der Waals surface area (Å²) in [6, 6.07) is 2.03. The van der Waals surface area contributed by atoms with Crippen molar-refractivity contribution >= 4 is 11.9 Å². The molecule has 1 amide bonds. The predicted molar refractivity (Wildman–Crippen MR) is 86.2 cm³/mol. The Hall–Kier alpha value is -1.85. The van der Waals surface area contributed by atoms with Crippen LogP contribution in [0.15, 0.2) is 6.07 Å². The summed E-state index contributed by atoms with van der Waals surface area (Å²) in [5.41, 5.74) is 0.869. The minimum atomic E-state index is -0.00198. The van der Waals surface area contributed by atoms with E-state index < -0.39 is 0 Å². The number of methoxy groups -OCH3 is 1. The maximum atomic E-state index is 12.3. The van der Waals surface area contributed by atoms with Crippen molar-refractivity contribution in [3.05, 3.63) is 11.8 Å². The summed E-state index contributed by atoms with van der Waals surface area (Å²) >= 11 is 0. The molecule has 1 fully saturated rings. The molecule has 0 radical (unpaired) electrons. The van der Waals surface area contributed by atoms with Gasteiger partial charge in [0.1, 0.15) is 0 Å². The van der Waals surface area contributed by atoms with E-state index in [0.717, 1.165) is 31.5 Å². The summed E-state index contributed by atoms with van der Waals surface area (Å²) in [5.74, 6) is 1.35. The SMILES string of the molecule is CC[C@@H](C)NC(=O)[C@H]1CCCN(c2nc(C)cc(OC)n2)C1. The van der Waals surface area contributed by atoms with Crippen LogP contribution >= 0.6 is 0 Å². The normalized spacial score (nSPS) is 19.6. The summed E-state index contributed by atoms with van der Waals surface area (Å²) in [5, 5.41) is 3.07. The highest BCUT2D eigenvalue weighted by Crippen LogP contribution is 2.22. The zero-order chi connectivity index (χ0) is 16.1. The van der Waals surface area contributed by atoms with Crippen LogP contribution in [0.2, 0.25) is 0 Å². The van der Waals surface area contributed by atoms with Gasteiger partial charge in [0, 0.05) is 30.9 Å². The Morgan fingerprint density at radius 3 is 3.00 bits per heavy atom. The molecule has 0 spiro atoms. The van der Waals surface area contributed by atoms with Crippen LogP contribution in [-0.2, 0) is 4.79 Å². The summed E-state index contributed by atoms with van der Waals surface area (Å²) in [4.78, 5) is 23.3. The van der Waals surface area contributed by atoms with Gasteiger partial charge in [0.25, 0.3) is 0 Å². The molecular weight excluding hydrogens is 280 g/mol. The maximum Gasteiger partial charge on any atom is 0.228 e. The molecule has 1 saturated heterocycles. The van der Waals surface area contributed by atoms with Gasteiger partial charge < -0.3 is 15.0 Å². The molecule has 22 heavy (non-hydrogen) atoms. The third-order valence-corrected chi connectivity index (χ3v) is 4.10. The Bertz CT molecular complexity index is 521. The number of hydrogen-bond donors (Lipinski definition) is 1. The Morgan fingerprint density at radius 1 is 1.55 bits per heavy atom. The van der Waals surface area contributed by atoms with Gasteiger partial charge in [-0.15, -0.1) is 0 Å². The maximum absolute atomic E-state index is 12.3. The van der Waals surface area contributed by atoms with E-state index in [4.69, 9.17) is 4.74 Å². The van der Waals surface area contributed by atoms with Crippen molar-refractivity contribution < 1.29 is 9.53 Å². The lowest BCUT2D eigenvalue weighted by atomic mass is 9.97. The van der Waals surface area contributed by atoms with Gasteiger partial charge in [0.15, 0.2) is 0 Å². The van der Waals surface area contributed by atoms with E-state index in [0.29, 0.717) is 18.4 Å². The fourth-order valence-electron chi connectivity index (χ4n) is 2.61. The molecule has 0 aliphatic carbocycles. The Kier molecular flexibility index (Phi) is 5.57. The molecule has 1 N–H and O–H groups in total. The van der Waals surface area contributed by atoms with E-state index in [2.05, 4.69) is 27.1 Å². The second-order valence-corrected chi connectivity index (χ2v) is 5.95. The lowest BCUT2D eigenvalue weighted by Crippen LogP contribution is -2.45. The van der Waals surface area contributed by atoms with Crippen LogP contribution < -0.4 is 15.0 Å². The molecule has 0 aromatic carbocycles. The standard InChI is InChI=1S/C16H26N4O2/c1-5-11(2)17-15(21)13-7-6-8-20(10-13)16-18-12(3)9-14(19-16)22-4/h9,11,13H,5-8,10H2,1-4H3,(H,17,21)/t11-,13+/m1/s1. The van der Waals surface area contributed by atoms with Crippen molar-refractivity contribution in [2.24, 2.45) is 5.92 Å². The van der Waals surface area contributed by atoms with Crippen LogP contribution in [0, 0.1) is 12.8 Å². The van der Waals surface area contributed by atoms with E-state index in [1.165, 1.54) is 0 Å². The molecule has 1 aliphatic rings. The number of carbonyl (C=O) groups excluding carboxylic acids is 1. The van der Waals surface area contributed by atoms with E-state index in [1.54, 1.807) is 13.2 Å². The van der Waals surface area contributed by atoms with Crippen molar-refractivity contribution in [3.8, 4) is 5.88 Å². The quantitative estimate of drug-likeness (QED) is 0.900. The van der Waals surface area contributed by atoms with Crippen molar-refractivity contribution in [3.63, 3.8) is 0 Å². The minimum Gasteiger partial charge on any atom is -0.481 e. The molecular formula is C16H26N4O2. The second kappa shape index (κ2) is 7.42. The highest BCUT2D eigenvalue weighted by molar-refractivity contribution is 5.79. The number of amides is 1. The van der Waals surface area contributed by atoms with E-state index in [-0.39, 0.29) is 17.9 Å². The van der Waals surface area contributed by atoms with E-state index in [1.807, 2.05) is 13.8 Å². The van der Waals surface area contributed by atoms with Crippen molar-refractivity contribution in [2.75, 3.05) is 25.1 Å². The first-order valence-corrected chi connectivity index (χ1v) is 7.98. The minimum absolute atomic E-state index is 0.00198. The van der Waals surface area contributed by atoms with Crippen molar-refractivity contribution in [1.29, 1.82) is 0 Å². The van der Waals surface area contributed by atoms with E-state index >= 15 is 0 Å². The molecule has 1 aliphatic heterocycles. The average Bonchev–Trinajstić information content (AvgIpc) is 2.54. The topological polar surface area (TPSA) is 67.4 Å². The molecule has 0 saturated carbocycles. The Labute approximate surface area is 132 Å². The molecule has 0 bridgehead atoms. The van der Waals surface area contributed by atoms with Crippen molar-refractivity contribution in [1.82, 2.24) is 15.3 Å². The third kappa shape index (κ3) is 4.08. The number of aromatic nitrogens is 2. The van der Waals surface area contributed by atoms with Gasteiger partial charge in [-0.3, -0.25) is 4.79 Å². The lowest BCUT2D eigenvalue weighted by Gasteiger charge is -2.32. The van der Waals surface area contributed by atoms with Crippen LogP contribution in [0.5, 0.6) is 5.88 Å². The summed E-state index contributed by atoms with van der Waals surface area (Å²) in [7, 11) is 1.60. The fraction of sp³-hybridized carbons (Fsp3) is 0.688. The molecule has 6 heteroatoms. The average molecular weight is 306 g/mol. The van der Waals surface area contributed by atoms with Crippen LogP contribution in [0.1, 0.15) is 38.8 Å². The zero-order valence-electron chi connectivity index (χ0n) is 13.9. The molecule has 2 rings (SSSR count). The van der Waals surface area contributed by atoms with Gasteiger partial charge >= 0.3 is 0 Å². The number of anilines is 1.